The quantitative estimate of drug-likeness (QED) is 0.220. The van der Waals surface area contributed by atoms with Crippen molar-refractivity contribution in [3.63, 3.8) is 0 Å². The van der Waals surface area contributed by atoms with Crippen LogP contribution in [0.1, 0.15) is 100 Å². The molecule has 45 heavy (non-hydrogen) atoms. The van der Waals surface area contributed by atoms with Gasteiger partial charge in [-0.05, 0) is 99.7 Å². The van der Waals surface area contributed by atoms with Crippen molar-refractivity contribution in [1.29, 1.82) is 5.26 Å². The van der Waals surface area contributed by atoms with Crippen molar-refractivity contribution >= 4 is 22.6 Å². The molecular weight excluding hydrogens is 569 g/mol. The maximum Gasteiger partial charge on any atom is 0.232 e. The van der Waals surface area contributed by atoms with Crippen molar-refractivity contribution in [2.75, 3.05) is 11.4 Å². The lowest BCUT2D eigenvalue weighted by atomic mass is 9.41. The molecule has 0 unspecified atom stereocenters. The van der Waals surface area contributed by atoms with E-state index in [9.17, 15) is 14.4 Å². The van der Waals surface area contributed by atoms with Crippen LogP contribution in [0.4, 0.5) is 10.1 Å². The number of benzene rings is 1. The molecule has 0 aliphatic heterocycles. The topological polar surface area (TPSA) is 114 Å². The fourth-order valence-electron chi connectivity index (χ4n) is 9.11. The Morgan fingerprint density at radius 2 is 1.84 bits per heavy atom. The molecule has 7 aliphatic rings. The standard InChI is InChI=1S/C35H36FN7O2/c1-42-30-25(17-38-42)13-24(16-37)28(39-30)23-3-2-4-26(14-23)43(27(44)15-33-18-35(36,19-33)20-33)21-32-7-10-34(11-8-32,12-9-32)31-40-29(41-45-31)22-5-6-22/h2-4,13-14,17,22H,5-12,15,18-21H2,1H3. The number of amides is 1. The van der Waals surface area contributed by atoms with Gasteiger partial charge in [-0.15, -0.1) is 0 Å². The van der Waals surface area contributed by atoms with E-state index in [1.54, 1.807) is 10.9 Å². The molecule has 0 atom stereocenters. The molecule has 230 valence electrons. The average Bonchev–Trinajstić information content (AvgIpc) is 3.64. The average molecular weight is 606 g/mol. The van der Waals surface area contributed by atoms with Crippen LogP contribution in [0.5, 0.6) is 0 Å². The Bertz CT molecular complexity index is 1870. The summed E-state index contributed by atoms with van der Waals surface area (Å²) in [4.78, 5) is 25.9. The number of fused-ring (bicyclic) bond motifs is 4. The van der Waals surface area contributed by atoms with Gasteiger partial charge in [0.15, 0.2) is 11.5 Å². The number of carbonyl (C=O) groups is 1. The maximum atomic E-state index is 14.5. The molecule has 0 spiro atoms. The Morgan fingerprint density at radius 3 is 2.53 bits per heavy atom. The highest BCUT2D eigenvalue weighted by Gasteiger charge is 2.69. The first-order chi connectivity index (χ1) is 21.7. The second kappa shape index (κ2) is 9.21. The monoisotopic (exact) mass is 605 g/mol. The highest BCUT2D eigenvalue weighted by atomic mass is 19.1. The Hall–Kier alpha value is -4.13. The Balaban J connectivity index is 1.03. The smallest absolute Gasteiger partial charge is 0.232 e. The largest absolute Gasteiger partial charge is 0.339 e. The summed E-state index contributed by atoms with van der Waals surface area (Å²) >= 11 is 0. The number of hydrogen-bond donors (Lipinski definition) is 0. The molecule has 1 amide bonds. The zero-order valence-electron chi connectivity index (χ0n) is 25.6. The van der Waals surface area contributed by atoms with Crippen LogP contribution in [0.25, 0.3) is 22.3 Å². The Kier molecular flexibility index (Phi) is 5.57. The first-order valence-corrected chi connectivity index (χ1v) is 16.4. The molecule has 0 N–H and O–H groups in total. The van der Waals surface area contributed by atoms with Gasteiger partial charge in [-0.2, -0.15) is 15.3 Å². The summed E-state index contributed by atoms with van der Waals surface area (Å²) < 4.78 is 22.0. The number of anilines is 1. The molecule has 4 aromatic rings. The first-order valence-electron chi connectivity index (χ1n) is 16.4. The minimum Gasteiger partial charge on any atom is -0.339 e. The van der Waals surface area contributed by atoms with Crippen molar-refractivity contribution in [2.24, 2.45) is 17.9 Å². The predicted molar refractivity (Wildman–Crippen MR) is 164 cm³/mol. The van der Waals surface area contributed by atoms with Crippen LogP contribution in [0, 0.1) is 22.2 Å². The summed E-state index contributed by atoms with van der Waals surface area (Å²) in [5.74, 6) is 2.22. The first kappa shape index (κ1) is 27.2. The molecular formula is C35H36FN7O2. The molecule has 10 heteroatoms. The molecule has 11 rings (SSSR count). The summed E-state index contributed by atoms with van der Waals surface area (Å²) in [5, 5.41) is 19.4. The van der Waals surface area contributed by atoms with Gasteiger partial charge in [0.25, 0.3) is 0 Å². The number of nitrogens with zero attached hydrogens (tertiary/aromatic N) is 7. The second-order valence-corrected chi connectivity index (χ2v) is 15.1. The molecule has 0 radical (unpaired) electrons. The van der Waals surface area contributed by atoms with Crippen LogP contribution in [0.15, 0.2) is 41.1 Å². The van der Waals surface area contributed by atoms with Crippen molar-refractivity contribution in [2.45, 2.75) is 94.1 Å². The number of rotatable bonds is 8. The number of nitriles is 1. The number of aryl methyl sites for hydroxylation is 1. The molecule has 3 aromatic heterocycles. The highest BCUT2D eigenvalue weighted by Crippen LogP contribution is 2.71. The third kappa shape index (κ3) is 4.26. The molecule has 3 heterocycles. The zero-order chi connectivity index (χ0) is 30.6. The Labute approximate surface area is 260 Å². The number of pyridine rings is 1. The lowest BCUT2D eigenvalue weighted by molar-refractivity contribution is -0.215. The molecule has 4 bridgehead atoms. The minimum absolute atomic E-state index is 0.00279. The van der Waals surface area contributed by atoms with E-state index in [2.05, 4.69) is 16.3 Å². The molecule has 9 nitrogen and oxygen atoms in total. The van der Waals surface area contributed by atoms with Crippen LogP contribution in [-0.2, 0) is 17.3 Å². The number of hydrogen-bond acceptors (Lipinski definition) is 7. The van der Waals surface area contributed by atoms with E-state index in [0.29, 0.717) is 55.1 Å². The van der Waals surface area contributed by atoms with Crippen molar-refractivity contribution < 1.29 is 13.7 Å². The van der Waals surface area contributed by atoms with Crippen LogP contribution >= 0.6 is 0 Å². The van der Waals surface area contributed by atoms with Crippen molar-refractivity contribution in [1.82, 2.24) is 24.9 Å². The predicted octanol–water partition coefficient (Wildman–Crippen LogP) is 6.67. The van der Waals surface area contributed by atoms with Gasteiger partial charge in [0.05, 0.1) is 17.5 Å². The summed E-state index contributed by atoms with van der Waals surface area (Å²) in [7, 11) is 1.83. The maximum absolute atomic E-state index is 14.5. The molecule has 1 aromatic carbocycles. The van der Waals surface area contributed by atoms with E-state index in [4.69, 9.17) is 14.5 Å². The van der Waals surface area contributed by atoms with E-state index in [1.807, 2.05) is 42.3 Å². The lowest BCUT2D eigenvalue weighted by Gasteiger charge is -2.66. The van der Waals surface area contributed by atoms with Crippen LogP contribution < -0.4 is 4.90 Å². The number of halogens is 1. The van der Waals surface area contributed by atoms with Gasteiger partial charge in [-0.25, -0.2) is 9.37 Å². The van der Waals surface area contributed by atoms with Crippen molar-refractivity contribution in [3.05, 3.63) is 53.8 Å². The summed E-state index contributed by atoms with van der Waals surface area (Å²) in [6, 6.07) is 12.0. The van der Waals surface area contributed by atoms with E-state index in [0.717, 1.165) is 79.7 Å². The minimum atomic E-state index is -1.04. The number of aromatic nitrogens is 5. The van der Waals surface area contributed by atoms with Gasteiger partial charge in [-0.3, -0.25) is 9.48 Å². The highest BCUT2D eigenvalue weighted by molar-refractivity contribution is 5.95. The summed E-state index contributed by atoms with van der Waals surface area (Å²) in [5.41, 5.74) is 2.03. The Morgan fingerprint density at radius 1 is 1.09 bits per heavy atom. The fourth-order valence-corrected chi connectivity index (χ4v) is 9.11. The molecule has 7 aliphatic carbocycles. The van der Waals surface area contributed by atoms with Gasteiger partial charge in [0.1, 0.15) is 11.7 Å². The number of alkyl halides is 1. The third-order valence-electron chi connectivity index (χ3n) is 11.9. The number of carbonyl (C=O) groups excluding carboxylic acids is 1. The van der Waals surface area contributed by atoms with Gasteiger partial charge in [0.2, 0.25) is 11.8 Å². The van der Waals surface area contributed by atoms with E-state index < -0.39 is 5.67 Å². The second-order valence-electron chi connectivity index (χ2n) is 15.1. The van der Waals surface area contributed by atoms with E-state index in [-0.39, 0.29) is 22.2 Å². The zero-order valence-corrected chi connectivity index (χ0v) is 25.6. The molecule has 0 saturated heterocycles. The molecule has 7 saturated carbocycles. The summed E-state index contributed by atoms with van der Waals surface area (Å²) in [6.07, 6.45) is 11.8. The van der Waals surface area contributed by atoms with Gasteiger partial charge >= 0.3 is 0 Å². The SMILES string of the molecule is Cn1ncc2cc(C#N)c(-c3cccc(N(CC45CCC(c6nc(C7CC7)no6)(CC4)CC5)C(=O)CC45CC(F)(C4)C5)c3)nc21. The van der Waals surface area contributed by atoms with Gasteiger partial charge in [0, 0.05) is 48.0 Å². The van der Waals surface area contributed by atoms with E-state index >= 15 is 0 Å². The summed E-state index contributed by atoms with van der Waals surface area (Å²) in [6.45, 7) is 0.624. The van der Waals surface area contributed by atoms with E-state index in [1.165, 1.54) is 0 Å². The van der Waals surface area contributed by atoms with Crippen LogP contribution in [0.3, 0.4) is 0 Å². The molecule has 7 fully saturated rings. The van der Waals surface area contributed by atoms with Gasteiger partial charge in [-0.1, -0.05) is 17.3 Å². The van der Waals surface area contributed by atoms with Crippen molar-refractivity contribution in [3.8, 4) is 17.3 Å². The van der Waals surface area contributed by atoms with Crippen LogP contribution in [-0.4, -0.2) is 43.0 Å². The normalized spacial score (nSPS) is 31.3. The lowest BCUT2D eigenvalue weighted by Crippen LogP contribution is -2.65. The van der Waals surface area contributed by atoms with Gasteiger partial charge < -0.3 is 9.42 Å². The third-order valence-corrected chi connectivity index (χ3v) is 11.9. The fraction of sp³-hybridized carbons (Fsp3) is 0.543. The van der Waals surface area contributed by atoms with Crippen LogP contribution in [0.2, 0.25) is 0 Å².